The predicted molar refractivity (Wildman–Crippen MR) is 44.0 cm³/mol. The molecule has 0 amide bonds. The van der Waals surface area contributed by atoms with Gasteiger partial charge in [0.15, 0.2) is 0 Å². The summed E-state index contributed by atoms with van der Waals surface area (Å²) in [7, 11) is 0. The maximum Gasteiger partial charge on any atom is 0.460 e. The summed E-state index contributed by atoms with van der Waals surface area (Å²) < 4.78 is 110. The van der Waals surface area contributed by atoms with Crippen LogP contribution in [-0.2, 0) is 4.79 Å². The van der Waals surface area contributed by atoms with Crippen LogP contribution in [0.2, 0.25) is 0 Å². The monoisotopic (exact) mass is 308 g/mol. The highest BCUT2D eigenvalue weighted by Gasteiger charge is 2.83. The molecule has 0 bridgehead atoms. The highest BCUT2D eigenvalue weighted by Crippen LogP contribution is 2.54. The summed E-state index contributed by atoms with van der Waals surface area (Å²) in [5, 5.41) is -2.75. The van der Waals surface area contributed by atoms with E-state index in [1.807, 2.05) is 0 Å². The van der Waals surface area contributed by atoms with Gasteiger partial charge in [0.1, 0.15) is 0 Å². The van der Waals surface area contributed by atoms with Crippen molar-refractivity contribution in [1.82, 2.24) is 0 Å². The topological polar surface area (TPSA) is 17.1 Å². The van der Waals surface area contributed by atoms with E-state index in [2.05, 4.69) is 0 Å². The van der Waals surface area contributed by atoms with Crippen molar-refractivity contribution >= 4 is 16.9 Å². The first-order chi connectivity index (χ1) is 7.73. The van der Waals surface area contributed by atoms with E-state index in [9.17, 15) is 44.3 Å². The molecule has 0 aliphatic rings. The molecule has 0 aromatic heterocycles. The molecule has 1 nitrogen and oxygen atoms in total. The normalized spacial score (nSPS) is 14.8. The molecule has 0 unspecified atom stereocenters. The summed E-state index contributed by atoms with van der Waals surface area (Å²) in [4.78, 5) is 10.5. The Morgan fingerprint density at radius 1 is 0.889 bits per heavy atom. The molecule has 18 heavy (non-hydrogen) atoms. The Hall–Kier alpha value is -0.610. The third-order valence-electron chi connectivity index (χ3n) is 1.68. The lowest BCUT2D eigenvalue weighted by Gasteiger charge is -2.32. The molecular formula is C7H5F9OS. The van der Waals surface area contributed by atoms with Gasteiger partial charge in [0.05, 0.1) is 0 Å². The van der Waals surface area contributed by atoms with Gasteiger partial charge in [-0.2, -0.15) is 39.5 Å². The van der Waals surface area contributed by atoms with E-state index in [0.717, 1.165) is 6.92 Å². The van der Waals surface area contributed by atoms with Gasteiger partial charge in [-0.25, -0.2) is 0 Å². The van der Waals surface area contributed by atoms with Gasteiger partial charge in [0.25, 0.3) is 5.12 Å². The molecule has 108 valence electrons. The van der Waals surface area contributed by atoms with Crippen molar-refractivity contribution in [1.29, 1.82) is 0 Å². The average molecular weight is 308 g/mol. The number of halogens is 9. The SMILES string of the molecule is CCSC(=O)C(F)(F)C(F)(F)C(F)(F)C(F)(F)F. The molecule has 0 heterocycles. The number of alkyl halides is 9. The molecule has 0 aliphatic carbocycles. The number of rotatable bonds is 4. The predicted octanol–water partition coefficient (Wildman–Crippen LogP) is 3.73. The van der Waals surface area contributed by atoms with Crippen LogP contribution in [0, 0.1) is 0 Å². The Balaban J connectivity index is 5.57. The quantitative estimate of drug-likeness (QED) is 0.736. The van der Waals surface area contributed by atoms with Crippen molar-refractivity contribution in [3.05, 3.63) is 0 Å². The van der Waals surface area contributed by atoms with Gasteiger partial charge in [-0.15, -0.1) is 0 Å². The first-order valence-electron chi connectivity index (χ1n) is 4.10. The lowest BCUT2D eigenvalue weighted by molar-refractivity contribution is -0.387. The molecule has 0 aromatic carbocycles. The van der Waals surface area contributed by atoms with Crippen LogP contribution in [0.1, 0.15) is 6.92 Å². The van der Waals surface area contributed by atoms with Crippen molar-refractivity contribution in [2.45, 2.75) is 30.9 Å². The van der Waals surface area contributed by atoms with E-state index in [1.54, 1.807) is 0 Å². The number of carbonyl (C=O) groups is 1. The zero-order valence-corrected chi connectivity index (χ0v) is 9.24. The molecule has 0 fully saturated rings. The van der Waals surface area contributed by atoms with Gasteiger partial charge in [-0.3, -0.25) is 4.79 Å². The van der Waals surface area contributed by atoms with Crippen molar-refractivity contribution in [3.8, 4) is 0 Å². The van der Waals surface area contributed by atoms with Gasteiger partial charge in [0.2, 0.25) is 0 Å². The number of carbonyl (C=O) groups excluding carboxylic acids is 1. The molecular weight excluding hydrogens is 303 g/mol. The van der Waals surface area contributed by atoms with Crippen LogP contribution in [0.4, 0.5) is 39.5 Å². The summed E-state index contributed by atoms with van der Waals surface area (Å²) in [6, 6.07) is 0. The fourth-order valence-corrected chi connectivity index (χ4v) is 1.30. The van der Waals surface area contributed by atoms with Crippen LogP contribution in [0.15, 0.2) is 0 Å². The summed E-state index contributed by atoms with van der Waals surface area (Å²) in [5.74, 6) is -20.5. The Morgan fingerprint density at radius 3 is 1.56 bits per heavy atom. The van der Waals surface area contributed by atoms with E-state index in [0.29, 0.717) is 0 Å². The van der Waals surface area contributed by atoms with Gasteiger partial charge < -0.3 is 0 Å². The maximum absolute atomic E-state index is 12.7. The van der Waals surface area contributed by atoms with Crippen LogP contribution in [-0.4, -0.2) is 34.8 Å². The highest BCUT2D eigenvalue weighted by atomic mass is 32.2. The van der Waals surface area contributed by atoms with Crippen molar-refractivity contribution in [2.75, 3.05) is 5.75 Å². The molecule has 0 saturated heterocycles. The molecule has 0 aromatic rings. The Kier molecular flexibility index (Phi) is 4.65. The van der Waals surface area contributed by atoms with Crippen LogP contribution < -0.4 is 0 Å². The van der Waals surface area contributed by atoms with Crippen LogP contribution in [0.25, 0.3) is 0 Å². The zero-order valence-electron chi connectivity index (χ0n) is 8.43. The standard InChI is InChI=1S/C7H5F9OS/c1-2-18-3(17)4(8,9)5(10,11)6(12,13)7(14,15)16/h2H2,1H3. The Morgan fingerprint density at radius 2 is 1.28 bits per heavy atom. The number of hydrogen-bond donors (Lipinski definition) is 0. The Labute approximate surface area is 98.7 Å². The Bertz CT molecular complexity index is 321. The minimum atomic E-state index is -7.02. The van der Waals surface area contributed by atoms with Crippen molar-refractivity contribution < 1.29 is 44.3 Å². The van der Waals surface area contributed by atoms with Gasteiger partial charge in [0, 0.05) is 0 Å². The van der Waals surface area contributed by atoms with Gasteiger partial charge >= 0.3 is 23.9 Å². The molecule has 0 atom stereocenters. The van der Waals surface area contributed by atoms with E-state index >= 15 is 0 Å². The van der Waals surface area contributed by atoms with Gasteiger partial charge in [-0.05, 0) is 5.75 Å². The number of hydrogen-bond acceptors (Lipinski definition) is 2. The second-order valence-electron chi connectivity index (χ2n) is 2.94. The second kappa shape index (κ2) is 4.82. The van der Waals surface area contributed by atoms with E-state index in [1.165, 1.54) is 0 Å². The minimum Gasteiger partial charge on any atom is -0.280 e. The van der Waals surface area contributed by atoms with Crippen molar-refractivity contribution in [3.63, 3.8) is 0 Å². The lowest BCUT2D eigenvalue weighted by atomic mass is 10.1. The van der Waals surface area contributed by atoms with E-state index < -0.39 is 46.6 Å². The fourth-order valence-electron chi connectivity index (χ4n) is 0.725. The number of thioether (sulfide) groups is 1. The fraction of sp³-hybridized carbons (Fsp3) is 0.857. The summed E-state index contributed by atoms with van der Waals surface area (Å²) in [6.07, 6.45) is -6.91. The highest BCUT2D eigenvalue weighted by molar-refractivity contribution is 8.13. The molecule has 0 radical (unpaired) electrons. The van der Waals surface area contributed by atoms with Gasteiger partial charge in [-0.1, -0.05) is 18.7 Å². The van der Waals surface area contributed by atoms with E-state index in [4.69, 9.17) is 0 Å². The van der Waals surface area contributed by atoms with Crippen molar-refractivity contribution in [2.24, 2.45) is 0 Å². The molecule has 0 N–H and O–H groups in total. The minimum absolute atomic E-state index is 0.478. The molecule has 0 rings (SSSR count). The molecule has 0 spiro atoms. The van der Waals surface area contributed by atoms with Crippen LogP contribution in [0.3, 0.4) is 0 Å². The molecule has 0 aliphatic heterocycles. The second-order valence-corrected chi connectivity index (χ2v) is 4.18. The summed E-state index contributed by atoms with van der Waals surface area (Å²) in [5.41, 5.74) is 0. The zero-order chi connectivity index (χ0) is 15.0. The van der Waals surface area contributed by atoms with E-state index in [-0.39, 0.29) is 0 Å². The van der Waals surface area contributed by atoms with Crippen LogP contribution in [0.5, 0.6) is 0 Å². The largest absolute Gasteiger partial charge is 0.460 e. The third kappa shape index (κ3) is 2.54. The smallest absolute Gasteiger partial charge is 0.280 e. The molecule has 0 saturated carbocycles. The first kappa shape index (κ1) is 17.4. The third-order valence-corrected chi connectivity index (χ3v) is 2.48. The summed E-state index contributed by atoms with van der Waals surface area (Å²) >= 11 is -0.478. The molecule has 11 heteroatoms. The first-order valence-corrected chi connectivity index (χ1v) is 5.09. The lowest BCUT2D eigenvalue weighted by Crippen LogP contribution is -2.62. The average Bonchev–Trinajstić information content (AvgIpc) is 2.15. The maximum atomic E-state index is 12.7. The van der Waals surface area contributed by atoms with Crippen LogP contribution >= 0.6 is 11.8 Å². The summed E-state index contributed by atoms with van der Waals surface area (Å²) in [6.45, 7) is 1.05.